The molecule has 122 valence electrons. The smallest absolute Gasteiger partial charge is 0.175 e. The minimum atomic E-state index is -3.20. The van der Waals surface area contributed by atoms with Crippen LogP contribution in [-0.4, -0.2) is 29.9 Å². The molecule has 0 spiro atoms. The summed E-state index contributed by atoms with van der Waals surface area (Å²) in [5.41, 5.74) is 10.3. The maximum atomic E-state index is 11.6. The van der Waals surface area contributed by atoms with Crippen molar-refractivity contribution in [3.8, 4) is 11.4 Å². The highest BCUT2D eigenvalue weighted by atomic mass is 32.2. The predicted octanol–water partition coefficient (Wildman–Crippen LogP) is 1.89. The van der Waals surface area contributed by atoms with Gasteiger partial charge in [-0.25, -0.2) is 18.8 Å². The van der Waals surface area contributed by atoms with Crippen LogP contribution < -0.4 is 10.9 Å². The molecular formula is C16H15N5O2S. The zero-order valence-electron chi connectivity index (χ0n) is 12.8. The summed E-state index contributed by atoms with van der Waals surface area (Å²) in [6, 6.07) is 12.8. The van der Waals surface area contributed by atoms with E-state index in [1.807, 2.05) is 30.3 Å². The van der Waals surface area contributed by atoms with Crippen LogP contribution in [0.2, 0.25) is 0 Å². The van der Waals surface area contributed by atoms with Gasteiger partial charge in [-0.2, -0.15) is 5.10 Å². The van der Waals surface area contributed by atoms with Crippen LogP contribution in [0.25, 0.3) is 11.4 Å². The molecule has 2 aromatic carbocycles. The molecule has 4 rings (SSSR count). The molecule has 24 heavy (non-hydrogen) atoms. The van der Waals surface area contributed by atoms with Gasteiger partial charge in [0.1, 0.15) is 6.33 Å². The number of nitrogens with zero attached hydrogens (tertiary/aromatic N) is 2. The van der Waals surface area contributed by atoms with E-state index in [4.69, 9.17) is 0 Å². The van der Waals surface area contributed by atoms with Crippen LogP contribution in [0.15, 0.2) is 53.7 Å². The third-order valence-electron chi connectivity index (χ3n) is 4.04. The Morgan fingerprint density at radius 2 is 1.88 bits per heavy atom. The van der Waals surface area contributed by atoms with Crippen molar-refractivity contribution in [1.29, 1.82) is 0 Å². The fraction of sp³-hybridized carbons (Fsp3) is 0.125. The Balaban J connectivity index is 1.72. The normalized spacial score (nSPS) is 16.6. The van der Waals surface area contributed by atoms with E-state index >= 15 is 0 Å². The zero-order valence-corrected chi connectivity index (χ0v) is 13.6. The summed E-state index contributed by atoms with van der Waals surface area (Å²) in [4.78, 5) is 4.49. The number of anilines is 1. The van der Waals surface area contributed by atoms with E-state index in [0.717, 1.165) is 22.4 Å². The molecule has 7 nitrogen and oxygen atoms in total. The molecule has 8 heteroatoms. The van der Waals surface area contributed by atoms with Crippen molar-refractivity contribution in [1.82, 2.24) is 20.6 Å². The average Bonchev–Trinajstić information content (AvgIpc) is 3.23. The molecule has 3 N–H and O–H groups in total. The van der Waals surface area contributed by atoms with E-state index in [-0.39, 0.29) is 6.04 Å². The van der Waals surface area contributed by atoms with Gasteiger partial charge in [-0.05, 0) is 35.9 Å². The monoisotopic (exact) mass is 341 g/mol. The Kier molecular flexibility index (Phi) is 3.36. The molecule has 0 radical (unpaired) electrons. The van der Waals surface area contributed by atoms with Gasteiger partial charge in [0.05, 0.1) is 16.6 Å². The van der Waals surface area contributed by atoms with Gasteiger partial charge in [0.2, 0.25) is 0 Å². The van der Waals surface area contributed by atoms with Crippen LogP contribution in [0.3, 0.4) is 0 Å². The van der Waals surface area contributed by atoms with Crippen molar-refractivity contribution in [2.24, 2.45) is 0 Å². The first-order chi connectivity index (χ1) is 11.5. The molecule has 1 aromatic heterocycles. The van der Waals surface area contributed by atoms with Crippen LogP contribution in [0.5, 0.6) is 0 Å². The lowest BCUT2D eigenvalue weighted by Crippen LogP contribution is -2.19. The third-order valence-corrected chi connectivity index (χ3v) is 5.17. The summed E-state index contributed by atoms with van der Waals surface area (Å²) in [7, 11) is -3.20. The molecule has 0 saturated heterocycles. The predicted molar refractivity (Wildman–Crippen MR) is 90.0 cm³/mol. The third kappa shape index (κ3) is 2.55. The SMILES string of the molecule is CS(=O)(=O)c1ccc(C2NNc3ccc(-c4ncn[nH]4)cc32)cc1. The standard InChI is InChI=1S/C16H15N5O2S/c1-24(22,23)12-5-2-10(3-6-12)15-13-8-11(16-17-9-18-21-16)4-7-14(13)19-20-15/h2-9,15,19-20H,1H3,(H,17,18,21). The number of rotatable bonds is 3. The first-order valence-electron chi connectivity index (χ1n) is 7.33. The van der Waals surface area contributed by atoms with E-state index in [2.05, 4.69) is 26.0 Å². The fourth-order valence-corrected chi connectivity index (χ4v) is 3.44. The molecule has 0 fully saturated rings. The maximum absolute atomic E-state index is 11.6. The van der Waals surface area contributed by atoms with Gasteiger partial charge in [0.15, 0.2) is 15.7 Å². The summed E-state index contributed by atoms with van der Waals surface area (Å²) < 4.78 is 23.2. The van der Waals surface area contributed by atoms with Gasteiger partial charge in [-0.3, -0.25) is 5.10 Å². The van der Waals surface area contributed by atoms with Gasteiger partial charge in [0.25, 0.3) is 0 Å². The second-order valence-electron chi connectivity index (χ2n) is 5.68. The van der Waals surface area contributed by atoms with E-state index in [0.29, 0.717) is 10.7 Å². The van der Waals surface area contributed by atoms with Crippen molar-refractivity contribution in [2.75, 3.05) is 11.7 Å². The molecule has 0 saturated carbocycles. The molecule has 0 aliphatic carbocycles. The number of sulfone groups is 1. The minimum Gasteiger partial charge on any atom is -0.320 e. The number of aromatic amines is 1. The average molecular weight is 341 g/mol. The first kappa shape index (κ1) is 14.9. The number of nitrogens with one attached hydrogen (secondary N) is 3. The Labute approximate surface area is 139 Å². The summed E-state index contributed by atoms with van der Waals surface area (Å²) in [5.74, 6) is 0.705. The molecule has 1 unspecified atom stereocenters. The summed E-state index contributed by atoms with van der Waals surface area (Å²) >= 11 is 0. The molecular weight excluding hydrogens is 326 g/mol. The summed E-state index contributed by atoms with van der Waals surface area (Å²) in [6.45, 7) is 0. The number of H-pyrrole nitrogens is 1. The number of hydrogen-bond donors (Lipinski definition) is 3. The highest BCUT2D eigenvalue weighted by molar-refractivity contribution is 7.90. The second-order valence-corrected chi connectivity index (χ2v) is 7.70. The van der Waals surface area contributed by atoms with Gasteiger partial charge in [0, 0.05) is 17.4 Å². The lowest BCUT2D eigenvalue weighted by Gasteiger charge is -2.12. The van der Waals surface area contributed by atoms with E-state index in [9.17, 15) is 8.42 Å². The Morgan fingerprint density at radius 3 is 2.54 bits per heavy atom. The Morgan fingerprint density at radius 1 is 1.08 bits per heavy atom. The number of aromatic nitrogens is 3. The molecule has 0 bridgehead atoms. The fourth-order valence-electron chi connectivity index (χ4n) is 2.81. The maximum Gasteiger partial charge on any atom is 0.175 e. The van der Waals surface area contributed by atoms with Crippen LogP contribution in [0.4, 0.5) is 5.69 Å². The van der Waals surface area contributed by atoms with Crippen LogP contribution in [0, 0.1) is 0 Å². The summed E-state index contributed by atoms with van der Waals surface area (Å²) in [5, 5.41) is 6.73. The largest absolute Gasteiger partial charge is 0.320 e. The molecule has 1 aliphatic heterocycles. The summed E-state index contributed by atoms with van der Waals surface area (Å²) in [6.07, 6.45) is 2.68. The van der Waals surface area contributed by atoms with Crippen LogP contribution >= 0.6 is 0 Å². The van der Waals surface area contributed by atoms with Crippen molar-refractivity contribution < 1.29 is 8.42 Å². The minimum absolute atomic E-state index is 0.0727. The Bertz CT molecular complexity index is 982. The van der Waals surface area contributed by atoms with Crippen molar-refractivity contribution in [3.05, 3.63) is 59.9 Å². The highest BCUT2D eigenvalue weighted by Gasteiger charge is 2.24. The first-order valence-corrected chi connectivity index (χ1v) is 9.23. The Hall–Kier alpha value is -2.71. The van der Waals surface area contributed by atoms with Gasteiger partial charge in [-0.1, -0.05) is 12.1 Å². The number of hydrogen-bond acceptors (Lipinski definition) is 6. The van der Waals surface area contributed by atoms with E-state index < -0.39 is 9.84 Å². The van der Waals surface area contributed by atoms with E-state index in [1.54, 1.807) is 12.1 Å². The number of fused-ring (bicyclic) bond motifs is 1. The van der Waals surface area contributed by atoms with Crippen molar-refractivity contribution >= 4 is 15.5 Å². The van der Waals surface area contributed by atoms with Gasteiger partial charge >= 0.3 is 0 Å². The van der Waals surface area contributed by atoms with Gasteiger partial charge < -0.3 is 5.43 Å². The molecule has 3 aromatic rings. The molecule has 1 atom stereocenters. The van der Waals surface area contributed by atoms with Crippen LogP contribution in [-0.2, 0) is 9.84 Å². The van der Waals surface area contributed by atoms with E-state index in [1.165, 1.54) is 12.6 Å². The van der Waals surface area contributed by atoms with Gasteiger partial charge in [-0.15, -0.1) is 0 Å². The highest BCUT2D eigenvalue weighted by Crippen LogP contribution is 2.35. The van der Waals surface area contributed by atoms with Crippen molar-refractivity contribution in [3.63, 3.8) is 0 Å². The lowest BCUT2D eigenvalue weighted by atomic mass is 9.97. The molecule has 2 heterocycles. The second kappa shape index (κ2) is 5.43. The van der Waals surface area contributed by atoms with Crippen LogP contribution in [0.1, 0.15) is 17.2 Å². The topological polar surface area (TPSA) is 99.8 Å². The molecule has 0 amide bonds. The quantitative estimate of drug-likeness (QED) is 0.673. The number of hydrazine groups is 1. The van der Waals surface area contributed by atoms with Crippen molar-refractivity contribution in [2.45, 2.75) is 10.9 Å². The lowest BCUT2D eigenvalue weighted by molar-refractivity contribution is 0.601. The number of benzene rings is 2. The zero-order chi connectivity index (χ0) is 16.7. The molecule has 1 aliphatic rings.